The monoisotopic (exact) mass is 494 g/mol. The van der Waals surface area contributed by atoms with Gasteiger partial charge in [-0.25, -0.2) is 13.4 Å². The molecule has 0 unspecified atom stereocenters. The molecule has 0 N–H and O–H groups in total. The highest BCUT2D eigenvalue weighted by molar-refractivity contribution is 7.89. The third-order valence-corrected chi connectivity index (χ3v) is 9.86. The van der Waals surface area contributed by atoms with Gasteiger partial charge >= 0.3 is 0 Å². The molecule has 3 aromatic rings. The number of carbonyl (C=O) groups is 1. The molecule has 2 aliphatic rings. The summed E-state index contributed by atoms with van der Waals surface area (Å²) in [6, 6.07) is 16.0. The Kier molecular flexibility index (Phi) is 6.38. The van der Waals surface area contributed by atoms with Crippen LogP contribution in [0.3, 0.4) is 0 Å². The second-order valence-electron chi connectivity index (χ2n) is 8.88. The number of fused-ring (bicyclic) bond motifs is 1. The highest BCUT2D eigenvalue weighted by Gasteiger charge is 2.37. The smallest absolute Gasteiger partial charge is 0.243 e. The maximum absolute atomic E-state index is 13.6. The summed E-state index contributed by atoms with van der Waals surface area (Å²) in [5.41, 5.74) is 1.40. The lowest BCUT2D eigenvalue weighted by Gasteiger charge is -2.39. The molecular formula is C25H26N4O3S2. The van der Waals surface area contributed by atoms with E-state index >= 15 is 0 Å². The summed E-state index contributed by atoms with van der Waals surface area (Å²) in [7, 11) is -3.64. The van der Waals surface area contributed by atoms with E-state index in [1.54, 1.807) is 11.3 Å². The number of likely N-dealkylation sites (tertiary alicyclic amines) is 1. The Bertz CT molecular complexity index is 1300. The van der Waals surface area contributed by atoms with Crippen molar-refractivity contribution in [2.24, 2.45) is 5.92 Å². The number of carbonyl (C=O) groups excluding carboxylic acids is 1. The van der Waals surface area contributed by atoms with Gasteiger partial charge in [-0.05, 0) is 68.5 Å². The van der Waals surface area contributed by atoms with Gasteiger partial charge in [-0.2, -0.15) is 9.57 Å². The third-order valence-electron chi connectivity index (χ3n) is 6.81. The van der Waals surface area contributed by atoms with Gasteiger partial charge in [0, 0.05) is 25.6 Å². The Morgan fingerprint density at radius 3 is 2.44 bits per heavy atom. The van der Waals surface area contributed by atoms with E-state index in [0.29, 0.717) is 31.5 Å². The fraction of sp³-hybridized carbons (Fsp3) is 0.400. The summed E-state index contributed by atoms with van der Waals surface area (Å²) in [5.74, 6) is -0.0539. The van der Waals surface area contributed by atoms with Crippen LogP contribution in [0.4, 0.5) is 0 Å². The van der Waals surface area contributed by atoms with E-state index < -0.39 is 10.0 Å². The number of piperidine rings is 2. The zero-order chi connectivity index (χ0) is 23.7. The van der Waals surface area contributed by atoms with E-state index in [2.05, 4.69) is 6.07 Å². The van der Waals surface area contributed by atoms with Crippen molar-refractivity contribution in [3.05, 3.63) is 59.1 Å². The van der Waals surface area contributed by atoms with Crippen LogP contribution in [0.15, 0.2) is 53.4 Å². The Morgan fingerprint density at radius 1 is 1.00 bits per heavy atom. The normalized spacial score (nSPS) is 20.3. The minimum atomic E-state index is -3.64. The summed E-state index contributed by atoms with van der Waals surface area (Å²) in [5, 5.41) is 9.94. The molecule has 2 aliphatic heterocycles. The molecule has 2 aromatic carbocycles. The number of benzene rings is 2. The Morgan fingerprint density at radius 2 is 1.74 bits per heavy atom. The number of hydrogen-bond acceptors (Lipinski definition) is 6. The Balaban J connectivity index is 1.28. The fourth-order valence-electron chi connectivity index (χ4n) is 4.91. The van der Waals surface area contributed by atoms with Crippen LogP contribution in [-0.4, -0.2) is 48.1 Å². The van der Waals surface area contributed by atoms with E-state index in [4.69, 9.17) is 10.2 Å². The van der Waals surface area contributed by atoms with Crippen molar-refractivity contribution in [1.82, 2.24) is 14.2 Å². The summed E-state index contributed by atoms with van der Waals surface area (Å²) in [6.45, 7) is 1.36. The number of rotatable bonds is 4. The lowest BCUT2D eigenvalue weighted by atomic mass is 9.93. The van der Waals surface area contributed by atoms with Crippen molar-refractivity contribution in [1.29, 1.82) is 5.26 Å². The maximum atomic E-state index is 13.6. The second-order valence-corrected chi connectivity index (χ2v) is 11.9. The van der Waals surface area contributed by atoms with Crippen molar-refractivity contribution in [2.75, 3.05) is 19.6 Å². The lowest BCUT2D eigenvalue weighted by Crippen LogP contribution is -2.46. The number of nitriles is 1. The summed E-state index contributed by atoms with van der Waals surface area (Å²) in [6.07, 6.45) is 4.00. The molecule has 3 heterocycles. The van der Waals surface area contributed by atoms with Gasteiger partial charge in [0.15, 0.2) is 0 Å². The SMILES string of the molecule is N#Cc1ccc(S(=O)(=O)N2CCC(C(=O)N3CCCC[C@@H]3c3nc4ccccc4s3)CC2)cc1. The van der Waals surface area contributed by atoms with Crippen molar-refractivity contribution in [2.45, 2.75) is 43.0 Å². The standard InChI is InChI=1S/C25H26N4O3S2/c26-17-18-8-10-20(11-9-18)34(31,32)28-15-12-19(13-16-28)25(30)29-14-4-3-6-22(29)24-27-21-5-1-2-7-23(21)33-24/h1-2,5,7-11,19,22H,3-4,6,12-16H2/t22-/m1/s1. The van der Waals surface area contributed by atoms with Crippen molar-refractivity contribution >= 4 is 37.5 Å². The average molecular weight is 495 g/mol. The van der Waals surface area contributed by atoms with Crippen LogP contribution < -0.4 is 0 Å². The van der Waals surface area contributed by atoms with Crippen LogP contribution in [0, 0.1) is 17.2 Å². The number of amides is 1. The molecule has 7 nitrogen and oxygen atoms in total. The first-order chi connectivity index (χ1) is 16.5. The summed E-state index contributed by atoms with van der Waals surface area (Å²) >= 11 is 1.66. The molecule has 1 amide bonds. The van der Waals surface area contributed by atoms with Gasteiger partial charge in [-0.15, -0.1) is 11.3 Å². The first kappa shape index (κ1) is 23.0. The number of aromatic nitrogens is 1. The molecule has 34 heavy (non-hydrogen) atoms. The number of nitrogens with zero attached hydrogens (tertiary/aromatic N) is 4. The largest absolute Gasteiger partial charge is 0.333 e. The topological polar surface area (TPSA) is 94.4 Å². The van der Waals surface area contributed by atoms with E-state index in [0.717, 1.165) is 41.0 Å². The first-order valence-corrected chi connectivity index (χ1v) is 13.9. The zero-order valence-corrected chi connectivity index (χ0v) is 20.4. The molecule has 0 saturated carbocycles. The van der Waals surface area contributed by atoms with Crippen LogP contribution >= 0.6 is 11.3 Å². The summed E-state index contributed by atoms with van der Waals surface area (Å²) < 4.78 is 28.6. The molecule has 0 spiro atoms. The van der Waals surface area contributed by atoms with Gasteiger partial charge < -0.3 is 4.90 Å². The molecule has 5 rings (SSSR count). The van der Waals surface area contributed by atoms with Gasteiger partial charge in [-0.1, -0.05) is 12.1 Å². The highest BCUT2D eigenvalue weighted by atomic mass is 32.2. The van der Waals surface area contributed by atoms with Crippen molar-refractivity contribution < 1.29 is 13.2 Å². The molecular weight excluding hydrogens is 468 g/mol. The Labute approximate surface area is 203 Å². The van der Waals surface area contributed by atoms with Crippen LogP contribution in [0.2, 0.25) is 0 Å². The fourth-order valence-corrected chi connectivity index (χ4v) is 7.50. The van der Waals surface area contributed by atoms with Crippen LogP contribution in [-0.2, 0) is 14.8 Å². The predicted octanol–water partition coefficient (Wildman–Crippen LogP) is 4.32. The Hall–Kier alpha value is -2.80. The van der Waals surface area contributed by atoms with E-state index in [9.17, 15) is 13.2 Å². The van der Waals surface area contributed by atoms with Gasteiger partial charge in [-0.3, -0.25) is 4.79 Å². The summed E-state index contributed by atoms with van der Waals surface area (Å²) in [4.78, 5) is 20.6. The van der Waals surface area contributed by atoms with Gasteiger partial charge in [0.2, 0.25) is 15.9 Å². The van der Waals surface area contributed by atoms with E-state index in [-0.39, 0.29) is 22.8 Å². The first-order valence-electron chi connectivity index (χ1n) is 11.6. The van der Waals surface area contributed by atoms with Crippen molar-refractivity contribution in [3.8, 4) is 6.07 Å². The molecule has 0 radical (unpaired) electrons. The van der Waals surface area contributed by atoms with Crippen molar-refractivity contribution in [3.63, 3.8) is 0 Å². The minimum Gasteiger partial charge on any atom is -0.333 e. The number of sulfonamides is 1. The lowest BCUT2D eigenvalue weighted by molar-refractivity contribution is -0.140. The van der Waals surface area contributed by atoms with Gasteiger partial charge in [0.1, 0.15) is 5.01 Å². The second kappa shape index (κ2) is 9.45. The molecule has 176 valence electrons. The number of hydrogen-bond donors (Lipinski definition) is 0. The van der Waals surface area contributed by atoms with E-state index in [1.165, 1.54) is 28.6 Å². The molecule has 2 fully saturated rings. The minimum absolute atomic E-state index is 0.000869. The predicted molar refractivity (Wildman–Crippen MR) is 131 cm³/mol. The molecule has 1 atom stereocenters. The zero-order valence-electron chi connectivity index (χ0n) is 18.8. The number of thiazole rings is 1. The van der Waals surface area contributed by atoms with Crippen LogP contribution in [0.25, 0.3) is 10.2 Å². The maximum Gasteiger partial charge on any atom is 0.243 e. The molecule has 1 aromatic heterocycles. The van der Waals surface area contributed by atoms with Crippen LogP contribution in [0.5, 0.6) is 0 Å². The van der Waals surface area contributed by atoms with Gasteiger partial charge in [0.25, 0.3) is 0 Å². The molecule has 0 aliphatic carbocycles. The van der Waals surface area contributed by atoms with Gasteiger partial charge in [0.05, 0.1) is 32.8 Å². The van der Waals surface area contributed by atoms with Crippen LogP contribution in [0.1, 0.15) is 48.7 Å². The highest BCUT2D eigenvalue weighted by Crippen LogP contribution is 2.37. The average Bonchev–Trinajstić information content (AvgIpc) is 3.33. The molecule has 9 heteroatoms. The van der Waals surface area contributed by atoms with E-state index in [1.807, 2.05) is 29.2 Å². The molecule has 0 bridgehead atoms. The molecule has 2 saturated heterocycles. The number of para-hydroxylation sites is 1. The third kappa shape index (κ3) is 4.33. The quantitative estimate of drug-likeness (QED) is 0.538.